The van der Waals surface area contributed by atoms with Crippen LogP contribution in [0.5, 0.6) is 0 Å². The summed E-state index contributed by atoms with van der Waals surface area (Å²) in [5.74, 6) is 0. The molecule has 2 N–H and O–H groups in total. The molecule has 1 unspecified atom stereocenters. The van der Waals surface area contributed by atoms with Crippen molar-refractivity contribution in [3.63, 3.8) is 0 Å². The second kappa shape index (κ2) is 2.26. The molecule has 2 nitrogen and oxygen atoms in total. The van der Waals surface area contributed by atoms with Gasteiger partial charge in [0.05, 0.1) is 6.10 Å². The lowest BCUT2D eigenvalue weighted by Crippen LogP contribution is -2.28. The highest BCUT2D eigenvalue weighted by Crippen LogP contribution is 2.57. The Labute approximate surface area is 77.6 Å². The van der Waals surface area contributed by atoms with E-state index in [1.807, 2.05) is 24.3 Å². The zero-order chi connectivity index (χ0) is 8.89. The maximum Gasteiger partial charge on any atom is 0.0882 e. The summed E-state index contributed by atoms with van der Waals surface area (Å²) < 4.78 is 0. The number of benzene rings is 1. The monoisotopic (exact) mass is 175 g/mol. The van der Waals surface area contributed by atoms with Crippen LogP contribution in [0.2, 0.25) is 0 Å². The van der Waals surface area contributed by atoms with Gasteiger partial charge in [-0.05, 0) is 18.9 Å². The van der Waals surface area contributed by atoms with Gasteiger partial charge in [0.2, 0.25) is 0 Å². The maximum atomic E-state index is 10.1. The summed E-state index contributed by atoms with van der Waals surface area (Å²) in [6.45, 7) is 0.936. The molecule has 3 rings (SSSR count). The van der Waals surface area contributed by atoms with Crippen molar-refractivity contribution >= 4 is 5.69 Å². The molecule has 1 atom stereocenters. The van der Waals surface area contributed by atoms with Crippen molar-refractivity contribution in [2.75, 3.05) is 11.9 Å². The van der Waals surface area contributed by atoms with E-state index >= 15 is 0 Å². The first-order valence-corrected chi connectivity index (χ1v) is 4.83. The van der Waals surface area contributed by atoms with E-state index in [-0.39, 0.29) is 11.5 Å². The first-order chi connectivity index (χ1) is 6.32. The standard InChI is InChI=1S/C11H13NO/c13-10-8-3-1-2-4-9(8)12-7-11(10)5-6-11/h1-4,10,12-13H,5-7H2. The van der Waals surface area contributed by atoms with Crippen LogP contribution in [0.4, 0.5) is 5.69 Å². The lowest BCUT2D eigenvalue weighted by molar-refractivity contribution is 0.0958. The zero-order valence-electron chi connectivity index (χ0n) is 7.46. The minimum absolute atomic E-state index is 0.175. The van der Waals surface area contributed by atoms with Gasteiger partial charge in [0, 0.05) is 23.2 Å². The van der Waals surface area contributed by atoms with E-state index in [9.17, 15) is 5.11 Å². The SMILES string of the molecule is OC1c2ccccc2NCC12CC2. The molecule has 0 radical (unpaired) electrons. The van der Waals surface area contributed by atoms with Gasteiger partial charge < -0.3 is 10.4 Å². The van der Waals surface area contributed by atoms with Crippen LogP contribution in [0, 0.1) is 5.41 Å². The van der Waals surface area contributed by atoms with Crippen molar-refractivity contribution in [3.05, 3.63) is 29.8 Å². The fourth-order valence-electron chi connectivity index (χ4n) is 2.21. The number of nitrogens with one attached hydrogen (secondary N) is 1. The molecule has 0 aromatic heterocycles. The van der Waals surface area contributed by atoms with E-state index in [4.69, 9.17) is 0 Å². The highest BCUT2D eigenvalue weighted by atomic mass is 16.3. The molecule has 0 saturated heterocycles. The van der Waals surface area contributed by atoms with Crippen molar-refractivity contribution in [1.29, 1.82) is 0 Å². The summed E-state index contributed by atoms with van der Waals surface area (Å²) in [7, 11) is 0. The van der Waals surface area contributed by atoms with Gasteiger partial charge in [-0.25, -0.2) is 0 Å². The van der Waals surface area contributed by atoms with Crippen LogP contribution in [0.1, 0.15) is 24.5 Å². The number of fused-ring (bicyclic) bond motifs is 1. The van der Waals surface area contributed by atoms with Gasteiger partial charge in [-0.2, -0.15) is 0 Å². The average molecular weight is 175 g/mol. The Morgan fingerprint density at radius 3 is 2.85 bits per heavy atom. The average Bonchev–Trinajstić information content (AvgIpc) is 2.94. The molecule has 0 bridgehead atoms. The molecule has 0 amide bonds. The predicted octanol–water partition coefficient (Wildman–Crippen LogP) is 1.93. The lowest BCUT2D eigenvalue weighted by atomic mass is 9.88. The summed E-state index contributed by atoms with van der Waals surface area (Å²) in [6.07, 6.45) is 2.08. The summed E-state index contributed by atoms with van der Waals surface area (Å²) >= 11 is 0. The molecule has 1 aromatic rings. The van der Waals surface area contributed by atoms with Gasteiger partial charge >= 0.3 is 0 Å². The summed E-state index contributed by atoms with van der Waals surface area (Å²) in [6, 6.07) is 8.05. The minimum Gasteiger partial charge on any atom is -0.388 e. The smallest absolute Gasteiger partial charge is 0.0882 e. The molecule has 2 aliphatic rings. The van der Waals surface area contributed by atoms with E-state index in [1.54, 1.807) is 0 Å². The van der Waals surface area contributed by atoms with Crippen molar-refractivity contribution in [1.82, 2.24) is 0 Å². The Morgan fingerprint density at radius 2 is 2.08 bits per heavy atom. The normalized spacial score (nSPS) is 27.9. The van der Waals surface area contributed by atoms with Crippen LogP contribution in [-0.4, -0.2) is 11.7 Å². The Balaban J connectivity index is 2.08. The number of aliphatic hydroxyl groups is 1. The third kappa shape index (κ3) is 0.923. The van der Waals surface area contributed by atoms with E-state index in [0.717, 1.165) is 30.6 Å². The van der Waals surface area contributed by atoms with Crippen molar-refractivity contribution < 1.29 is 5.11 Å². The quantitative estimate of drug-likeness (QED) is 0.631. The third-order valence-corrected chi connectivity index (χ3v) is 3.36. The van der Waals surface area contributed by atoms with Crippen LogP contribution >= 0.6 is 0 Å². The van der Waals surface area contributed by atoms with Gasteiger partial charge in [0.15, 0.2) is 0 Å². The molecular formula is C11H13NO. The van der Waals surface area contributed by atoms with Gasteiger partial charge in [-0.15, -0.1) is 0 Å². The fourth-order valence-corrected chi connectivity index (χ4v) is 2.21. The lowest BCUT2D eigenvalue weighted by Gasteiger charge is -2.31. The molecule has 13 heavy (non-hydrogen) atoms. The minimum atomic E-state index is -0.245. The maximum absolute atomic E-state index is 10.1. The molecular weight excluding hydrogens is 162 g/mol. The van der Waals surface area contributed by atoms with Crippen LogP contribution in [0.25, 0.3) is 0 Å². The molecule has 1 spiro atoms. The molecule has 1 fully saturated rings. The number of para-hydroxylation sites is 1. The Bertz CT molecular complexity index is 344. The molecule has 1 aliphatic heterocycles. The first kappa shape index (κ1) is 7.39. The Morgan fingerprint density at radius 1 is 1.31 bits per heavy atom. The summed E-state index contributed by atoms with van der Waals surface area (Å²) in [5.41, 5.74) is 2.35. The fraction of sp³-hybridized carbons (Fsp3) is 0.455. The van der Waals surface area contributed by atoms with E-state index in [1.165, 1.54) is 0 Å². The van der Waals surface area contributed by atoms with Crippen LogP contribution in [-0.2, 0) is 0 Å². The first-order valence-electron chi connectivity index (χ1n) is 4.83. The van der Waals surface area contributed by atoms with Gasteiger partial charge in [0.25, 0.3) is 0 Å². The topological polar surface area (TPSA) is 32.3 Å². The molecule has 1 saturated carbocycles. The van der Waals surface area contributed by atoms with Crippen molar-refractivity contribution in [2.45, 2.75) is 18.9 Å². The highest BCUT2D eigenvalue weighted by Gasteiger charge is 2.51. The van der Waals surface area contributed by atoms with E-state index in [2.05, 4.69) is 5.32 Å². The molecule has 2 heteroatoms. The zero-order valence-corrected chi connectivity index (χ0v) is 7.46. The van der Waals surface area contributed by atoms with Crippen molar-refractivity contribution in [3.8, 4) is 0 Å². The van der Waals surface area contributed by atoms with E-state index < -0.39 is 0 Å². The predicted molar refractivity (Wildman–Crippen MR) is 51.6 cm³/mol. The van der Waals surface area contributed by atoms with Crippen LogP contribution in [0.3, 0.4) is 0 Å². The van der Waals surface area contributed by atoms with Crippen LogP contribution < -0.4 is 5.32 Å². The highest BCUT2D eigenvalue weighted by molar-refractivity contribution is 5.56. The molecule has 1 heterocycles. The Hall–Kier alpha value is -1.02. The number of anilines is 1. The van der Waals surface area contributed by atoms with Gasteiger partial charge in [-0.1, -0.05) is 18.2 Å². The number of aliphatic hydroxyl groups excluding tert-OH is 1. The summed E-state index contributed by atoms with van der Waals surface area (Å²) in [4.78, 5) is 0. The second-order valence-corrected chi connectivity index (χ2v) is 4.21. The summed E-state index contributed by atoms with van der Waals surface area (Å²) in [5, 5.41) is 13.5. The number of hydrogen-bond acceptors (Lipinski definition) is 2. The van der Waals surface area contributed by atoms with E-state index in [0.29, 0.717) is 0 Å². The van der Waals surface area contributed by atoms with Crippen LogP contribution in [0.15, 0.2) is 24.3 Å². The number of rotatable bonds is 0. The Kier molecular flexibility index (Phi) is 1.29. The molecule has 68 valence electrons. The molecule has 1 aliphatic carbocycles. The number of hydrogen-bond donors (Lipinski definition) is 2. The van der Waals surface area contributed by atoms with Gasteiger partial charge in [0.1, 0.15) is 0 Å². The van der Waals surface area contributed by atoms with Crippen molar-refractivity contribution in [2.24, 2.45) is 5.41 Å². The second-order valence-electron chi connectivity index (χ2n) is 4.21. The van der Waals surface area contributed by atoms with Gasteiger partial charge in [-0.3, -0.25) is 0 Å². The third-order valence-electron chi connectivity index (χ3n) is 3.36. The largest absolute Gasteiger partial charge is 0.388 e. The molecule has 1 aromatic carbocycles.